The molecule has 0 saturated heterocycles. The first-order valence-corrected chi connectivity index (χ1v) is 17.9. The molecule has 0 spiro atoms. The topological polar surface area (TPSA) is 34.1 Å². The van der Waals surface area contributed by atoms with Crippen LogP contribution in [0.2, 0.25) is 0 Å². The van der Waals surface area contributed by atoms with Crippen molar-refractivity contribution in [3.8, 4) is 0 Å². The third kappa shape index (κ3) is 7.76. The van der Waals surface area contributed by atoms with Crippen molar-refractivity contribution in [2.75, 3.05) is 0 Å². The van der Waals surface area contributed by atoms with Crippen molar-refractivity contribution < 1.29 is 52.3 Å². The van der Waals surface area contributed by atoms with E-state index in [-0.39, 0.29) is 57.4 Å². The molecule has 53 heavy (non-hydrogen) atoms. The molecule has 0 bridgehead atoms. The molecule has 0 fully saturated rings. The van der Waals surface area contributed by atoms with E-state index in [0.717, 1.165) is 36.4 Å². The largest absolute Gasteiger partial charge is 0.416 e. The summed E-state index contributed by atoms with van der Waals surface area (Å²) in [5.41, 5.74) is -2.27. The number of allylic oxidation sites excluding steroid dienone is 8. The second-order valence-electron chi connectivity index (χ2n) is 12.9. The van der Waals surface area contributed by atoms with E-state index in [4.69, 9.17) is 0 Å². The maximum Gasteiger partial charge on any atom is 0.416 e. The lowest BCUT2D eigenvalue weighted by Gasteiger charge is -2.16. The van der Waals surface area contributed by atoms with Crippen LogP contribution in [0.15, 0.2) is 85.0 Å². The second-order valence-corrected chi connectivity index (χ2v) is 14.9. The number of rotatable bonds is 8. The van der Waals surface area contributed by atoms with Gasteiger partial charge in [-0.3, -0.25) is 0 Å². The summed E-state index contributed by atoms with van der Waals surface area (Å²) < 4.78 is 169. The van der Waals surface area contributed by atoms with Gasteiger partial charge in [-0.05, 0) is 119 Å². The molecule has 0 amide bonds. The first-order chi connectivity index (χ1) is 24.7. The van der Waals surface area contributed by atoms with Crippen LogP contribution in [0, 0.1) is 37.1 Å². The van der Waals surface area contributed by atoms with Gasteiger partial charge in [0.2, 0.25) is 0 Å². The maximum absolute atomic E-state index is 15.4. The number of hydrogen-bond acceptors (Lipinski definition) is 2. The molecular weight excluding hydrogens is 734 g/mol. The molecule has 0 radical (unpaired) electrons. The number of halogens is 10. The fourth-order valence-corrected chi connectivity index (χ4v) is 8.13. The summed E-state index contributed by atoms with van der Waals surface area (Å²) in [5.74, 6) is -7.69. The zero-order valence-corrected chi connectivity index (χ0v) is 28.7. The molecular formula is C40H28F10O2S. The summed E-state index contributed by atoms with van der Waals surface area (Å²) in [6.07, 6.45) is -2.45. The van der Waals surface area contributed by atoms with E-state index in [2.05, 4.69) is 0 Å². The van der Waals surface area contributed by atoms with Crippen LogP contribution in [0.4, 0.5) is 43.9 Å². The van der Waals surface area contributed by atoms with Gasteiger partial charge >= 0.3 is 12.4 Å². The Bertz CT molecular complexity index is 2190. The SMILES string of the molecule is Cc1ccc(C2=CCC=C2c2cc(F)c(CS(=O)(=O)Cc3c(F)cc(C4=CCC=C4c4ccc(C)c(C(F)(F)F)c4)cc3F)c(F)c2)cc1C(F)(F)F. The molecule has 0 saturated carbocycles. The Kier molecular flexibility index (Phi) is 9.86. The van der Waals surface area contributed by atoms with Gasteiger partial charge in [0, 0.05) is 11.1 Å². The summed E-state index contributed by atoms with van der Waals surface area (Å²) in [5, 5.41) is 0. The van der Waals surface area contributed by atoms with E-state index in [9.17, 15) is 34.8 Å². The van der Waals surface area contributed by atoms with Crippen LogP contribution in [-0.2, 0) is 33.7 Å². The van der Waals surface area contributed by atoms with Gasteiger partial charge in [-0.1, -0.05) is 48.6 Å². The Labute approximate surface area is 298 Å². The van der Waals surface area contributed by atoms with E-state index in [1.807, 2.05) is 0 Å². The molecule has 0 aliphatic heterocycles. The minimum atomic E-state index is -4.63. The minimum Gasteiger partial charge on any atom is -0.228 e. The summed E-state index contributed by atoms with van der Waals surface area (Å²) in [4.78, 5) is 0. The van der Waals surface area contributed by atoms with Gasteiger partial charge in [0.05, 0.1) is 22.6 Å². The highest BCUT2D eigenvalue weighted by Gasteiger charge is 2.34. The fourth-order valence-electron chi connectivity index (χ4n) is 6.60. The Morgan fingerprint density at radius 3 is 1.09 bits per heavy atom. The van der Waals surface area contributed by atoms with Crippen LogP contribution < -0.4 is 0 Å². The molecule has 0 heterocycles. The van der Waals surface area contributed by atoms with Gasteiger partial charge in [0.1, 0.15) is 23.3 Å². The highest BCUT2D eigenvalue weighted by atomic mass is 32.2. The summed E-state index contributed by atoms with van der Waals surface area (Å²) in [6.45, 7) is 2.60. The number of hydrogen-bond donors (Lipinski definition) is 0. The van der Waals surface area contributed by atoms with Crippen molar-refractivity contribution in [3.05, 3.63) is 164 Å². The van der Waals surface area contributed by atoms with E-state index in [1.54, 1.807) is 24.3 Å². The van der Waals surface area contributed by atoms with Crippen molar-refractivity contribution in [1.29, 1.82) is 0 Å². The molecule has 6 rings (SSSR count). The molecule has 4 aromatic carbocycles. The third-order valence-electron chi connectivity index (χ3n) is 9.21. The Morgan fingerprint density at radius 2 is 0.792 bits per heavy atom. The van der Waals surface area contributed by atoms with Gasteiger partial charge in [-0.15, -0.1) is 0 Å². The molecule has 0 atom stereocenters. The number of alkyl halides is 6. The first-order valence-electron chi connectivity index (χ1n) is 16.1. The van der Waals surface area contributed by atoms with Gasteiger partial charge in [-0.2, -0.15) is 26.3 Å². The maximum atomic E-state index is 15.4. The smallest absolute Gasteiger partial charge is 0.228 e. The molecule has 2 nitrogen and oxygen atoms in total. The van der Waals surface area contributed by atoms with Crippen molar-refractivity contribution >= 4 is 32.1 Å². The third-order valence-corrected chi connectivity index (χ3v) is 10.7. The predicted octanol–water partition coefficient (Wildman–Crippen LogP) is 11.8. The molecule has 13 heteroatoms. The number of aryl methyl sites for hydroxylation is 2. The van der Waals surface area contributed by atoms with Crippen LogP contribution in [0.25, 0.3) is 22.3 Å². The summed E-state index contributed by atoms with van der Waals surface area (Å²) >= 11 is 0. The van der Waals surface area contributed by atoms with E-state index in [0.29, 0.717) is 11.1 Å². The normalized spacial score (nSPS) is 15.0. The van der Waals surface area contributed by atoms with Gasteiger partial charge in [0.25, 0.3) is 0 Å². The predicted molar refractivity (Wildman–Crippen MR) is 183 cm³/mol. The molecule has 276 valence electrons. The standard InChI is InChI=1S/C40H28F10O2S/c1-21-9-11-23(13-33(21)39(45,46)47)27-5-3-7-29(27)25-15-35(41)31(36(42)16-25)19-53(51,52)20-32-37(43)17-26(18-38(32)44)30-8-4-6-28(30)24-12-10-22(2)34(14-24)40(48,49)50/h5-18H,3-4,19-20H2,1-2H3. The van der Waals surface area contributed by atoms with E-state index >= 15 is 17.6 Å². The van der Waals surface area contributed by atoms with Crippen LogP contribution in [0.3, 0.4) is 0 Å². The van der Waals surface area contributed by atoms with Crippen LogP contribution >= 0.6 is 0 Å². The highest BCUT2D eigenvalue weighted by molar-refractivity contribution is 7.89. The van der Waals surface area contributed by atoms with Crippen molar-refractivity contribution in [2.45, 2.75) is 50.5 Å². The Morgan fingerprint density at radius 1 is 0.491 bits per heavy atom. The Balaban J connectivity index is 1.22. The average molecular weight is 763 g/mol. The average Bonchev–Trinajstić information content (AvgIpc) is 3.75. The number of sulfone groups is 1. The van der Waals surface area contributed by atoms with Gasteiger partial charge in [-0.25, -0.2) is 26.0 Å². The molecule has 2 aliphatic rings. The molecule has 0 aromatic heterocycles. The highest BCUT2D eigenvalue weighted by Crippen LogP contribution is 2.42. The van der Waals surface area contributed by atoms with Gasteiger partial charge in [0.15, 0.2) is 9.84 Å². The van der Waals surface area contributed by atoms with Crippen molar-refractivity contribution in [3.63, 3.8) is 0 Å². The molecule has 0 unspecified atom stereocenters. The van der Waals surface area contributed by atoms with E-state index in [1.165, 1.54) is 38.1 Å². The quantitative estimate of drug-likeness (QED) is 0.168. The van der Waals surface area contributed by atoms with E-state index < -0.39 is 79.2 Å². The zero-order chi connectivity index (χ0) is 38.6. The number of benzene rings is 4. The lowest BCUT2D eigenvalue weighted by Crippen LogP contribution is -2.13. The lowest BCUT2D eigenvalue weighted by molar-refractivity contribution is -0.138. The van der Waals surface area contributed by atoms with Gasteiger partial charge < -0.3 is 0 Å². The minimum absolute atomic E-state index is 0.00897. The lowest BCUT2D eigenvalue weighted by atomic mass is 9.92. The second kappa shape index (κ2) is 13.8. The zero-order valence-electron chi connectivity index (χ0n) is 27.9. The van der Waals surface area contributed by atoms with Crippen LogP contribution in [0.5, 0.6) is 0 Å². The molecule has 0 N–H and O–H groups in total. The fraction of sp³-hybridized carbons (Fsp3) is 0.200. The molecule has 2 aliphatic carbocycles. The molecule has 4 aromatic rings. The van der Waals surface area contributed by atoms with Crippen LogP contribution in [0.1, 0.15) is 68.5 Å². The Hall–Kier alpha value is -4.91. The summed E-state index contributed by atoms with van der Waals surface area (Å²) in [6, 6.07) is 10.7. The summed E-state index contributed by atoms with van der Waals surface area (Å²) in [7, 11) is -4.62. The monoisotopic (exact) mass is 762 g/mol. The van der Waals surface area contributed by atoms with Crippen LogP contribution in [-0.4, -0.2) is 8.42 Å². The van der Waals surface area contributed by atoms with Crippen molar-refractivity contribution in [2.24, 2.45) is 0 Å². The van der Waals surface area contributed by atoms with Crippen molar-refractivity contribution in [1.82, 2.24) is 0 Å². The first kappa shape index (κ1) is 37.8.